The number of nitrogens with one attached hydrogen (secondary N) is 1. The summed E-state index contributed by atoms with van der Waals surface area (Å²) < 4.78 is 0. The maximum Gasteiger partial charge on any atom is 0.220 e. The predicted octanol–water partition coefficient (Wildman–Crippen LogP) is 2.42. The number of hydrogen-bond acceptors (Lipinski definition) is 2. The van der Waals surface area contributed by atoms with E-state index in [-0.39, 0.29) is 11.9 Å². The highest BCUT2D eigenvalue weighted by atomic mass is 16.1. The molecule has 1 unspecified atom stereocenters. The summed E-state index contributed by atoms with van der Waals surface area (Å²) in [5.41, 5.74) is 8.03. The van der Waals surface area contributed by atoms with Crippen LogP contribution in [0.4, 0.5) is 0 Å². The first-order valence-electron chi connectivity index (χ1n) is 7.08. The van der Waals surface area contributed by atoms with Crippen LogP contribution in [0.2, 0.25) is 0 Å². The molecule has 1 atom stereocenters. The van der Waals surface area contributed by atoms with Crippen LogP contribution in [0.5, 0.6) is 0 Å². The number of benzene rings is 1. The summed E-state index contributed by atoms with van der Waals surface area (Å²) in [6.45, 7) is 6.91. The number of amides is 1. The molecule has 3 N–H and O–H groups in total. The van der Waals surface area contributed by atoms with Crippen LogP contribution in [0, 0.1) is 12.8 Å². The molecule has 0 heterocycles. The molecule has 3 heteroatoms. The third kappa shape index (κ3) is 5.88. The molecule has 1 aromatic rings. The summed E-state index contributed by atoms with van der Waals surface area (Å²) in [4.78, 5) is 11.9. The fourth-order valence-corrected chi connectivity index (χ4v) is 2.16. The molecule has 0 aliphatic rings. The van der Waals surface area contributed by atoms with Gasteiger partial charge in [-0.25, -0.2) is 0 Å². The second-order valence-electron chi connectivity index (χ2n) is 5.48. The van der Waals surface area contributed by atoms with E-state index in [4.69, 9.17) is 5.73 Å². The number of aryl methyl sites for hydroxylation is 2. The van der Waals surface area contributed by atoms with Crippen LogP contribution in [0.15, 0.2) is 24.3 Å². The molecule has 0 saturated carbocycles. The minimum absolute atomic E-state index is 0.119. The van der Waals surface area contributed by atoms with E-state index in [1.54, 1.807) is 0 Å². The van der Waals surface area contributed by atoms with Crippen molar-refractivity contribution in [2.24, 2.45) is 11.7 Å². The average molecular weight is 262 g/mol. The number of carbonyl (C=O) groups excluding carboxylic acids is 1. The van der Waals surface area contributed by atoms with Crippen LogP contribution in [0.1, 0.15) is 37.8 Å². The number of nitrogens with two attached hydrogens (primary N) is 1. The first-order chi connectivity index (χ1) is 9.02. The van der Waals surface area contributed by atoms with Crippen molar-refractivity contribution in [2.45, 2.75) is 46.1 Å². The third-order valence-corrected chi connectivity index (χ3v) is 3.35. The zero-order valence-electron chi connectivity index (χ0n) is 12.3. The van der Waals surface area contributed by atoms with Gasteiger partial charge in [-0.05, 0) is 37.8 Å². The Balaban J connectivity index is 2.42. The van der Waals surface area contributed by atoms with Crippen molar-refractivity contribution < 1.29 is 4.79 Å². The molecule has 3 nitrogen and oxygen atoms in total. The maximum absolute atomic E-state index is 11.9. The smallest absolute Gasteiger partial charge is 0.220 e. The first kappa shape index (κ1) is 15.7. The van der Waals surface area contributed by atoms with Crippen molar-refractivity contribution in [3.63, 3.8) is 0 Å². The van der Waals surface area contributed by atoms with Crippen LogP contribution < -0.4 is 11.1 Å². The van der Waals surface area contributed by atoms with E-state index < -0.39 is 0 Å². The molecule has 0 fully saturated rings. The van der Waals surface area contributed by atoms with Crippen molar-refractivity contribution >= 4 is 5.91 Å². The van der Waals surface area contributed by atoms with Gasteiger partial charge in [0.2, 0.25) is 5.91 Å². The number of carbonyl (C=O) groups is 1. The minimum atomic E-state index is 0.119. The highest BCUT2D eigenvalue weighted by Gasteiger charge is 2.14. The van der Waals surface area contributed by atoms with Gasteiger partial charge in [0.15, 0.2) is 0 Å². The van der Waals surface area contributed by atoms with Crippen molar-refractivity contribution in [3.05, 3.63) is 35.4 Å². The van der Waals surface area contributed by atoms with E-state index in [1.807, 2.05) is 6.07 Å². The second-order valence-corrected chi connectivity index (χ2v) is 5.48. The van der Waals surface area contributed by atoms with E-state index in [2.05, 4.69) is 44.3 Å². The van der Waals surface area contributed by atoms with Gasteiger partial charge in [0.25, 0.3) is 0 Å². The van der Waals surface area contributed by atoms with E-state index >= 15 is 0 Å². The minimum Gasteiger partial charge on any atom is -0.353 e. The Morgan fingerprint density at radius 1 is 1.37 bits per heavy atom. The van der Waals surface area contributed by atoms with Crippen molar-refractivity contribution in [3.8, 4) is 0 Å². The van der Waals surface area contributed by atoms with E-state index in [0.29, 0.717) is 18.9 Å². The molecule has 19 heavy (non-hydrogen) atoms. The van der Waals surface area contributed by atoms with Crippen LogP contribution >= 0.6 is 0 Å². The molecule has 0 saturated heterocycles. The summed E-state index contributed by atoms with van der Waals surface area (Å²) in [6.07, 6.45) is 2.17. The summed E-state index contributed by atoms with van der Waals surface area (Å²) in [6, 6.07) is 8.50. The van der Waals surface area contributed by atoms with Crippen LogP contribution in [-0.4, -0.2) is 18.5 Å². The zero-order chi connectivity index (χ0) is 14.3. The Morgan fingerprint density at radius 2 is 2.11 bits per heavy atom. The fraction of sp³-hybridized carbons (Fsp3) is 0.562. The number of rotatable bonds is 7. The van der Waals surface area contributed by atoms with Gasteiger partial charge < -0.3 is 11.1 Å². The van der Waals surface area contributed by atoms with Crippen LogP contribution in [-0.2, 0) is 11.2 Å². The molecule has 106 valence electrons. The highest BCUT2D eigenvalue weighted by molar-refractivity contribution is 5.76. The standard InChI is InChI=1S/C16H26N2O/c1-12(2)15(9-10-17)18-16(19)8-7-14-6-4-5-13(3)11-14/h4-6,11-12,15H,7-10,17H2,1-3H3,(H,18,19). The van der Waals surface area contributed by atoms with Gasteiger partial charge in [-0.1, -0.05) is 43.7 Å². The topological polar surface area (TPSA) is 55.1 Å². The SMILES string of the molecule is Cc1cccc(CCC(=O)NC(CCN)C(C)C)c1. The predicted molar refractivity (Wildman–Crippen MR) is 79.9 cm³/mol. The highest BCUT2D eigenvalue weighted by Crippen LogP contribution is 2.08. The van der Waals surface area contributed by atoms with E-state index in [9.17, 15) is 4.79 Å². The second kappa shape index (κ2) is 7.95. The normalized spacial score (nSPS) is 12.5. The van der Waals surface area contributed by atoms with E-state index in [1.165, 1.54) is 11.1 Å². The molecule has 0 spiro atoms. The average Bonchev–Trinajstić information content (AvgIpc) is 2.36. The molecule has 1 rings (SSSR count). The Labute approximate surface area is 116 Å². The van der Waals surface area contributed by atoms with E-state index in [0.717, 1.165) is 12.8 Å². The lowest BCUT2D eigenvalue weighted by molar-refractivity contribution is -0.122. The van der Waals surface area contributed by atoms with Crippen molar-refractivity contribution in [1.82, 2.24) is 5.32 Å². The van der Waals surface area contributed by atoms with Crippen LogP contribution in [0.25, 0.3) is 0 Å². The monoisotopic (exact) mass is 262 g/mol. The van der Waals surface area contributed by atoms with Gasteiger partial charge in [-0.3, -0.25) is 4.79 Å². The Bertz CT molecular complexity index is 401. The largest absolute Gasteiger partial charge is 0.353 e. The Hall–Kier alpha value is -1.35. The summed E-state index contributed by atoms with van der Waals surface area (Å²) in [7, 11) is 0. The lowest BCUT2D eigenvalue weighted by Crippen LogP contribution is -2.40. The quantitative estimate of drug-likeness (QED) is 0.793. The number of hydrogen-bond donors (Lipinski definition) is 2. The van der Waals surface area contributed by atoms with Crippen molar-refractivity contribution in [2.75, 3.05) is 6.54 Å². The van der Waals surface area contributed by atoms with Gasteiger partial charge >= 0.3 is 0 Å². The van der Waals surface area contributed by atoms with Gasteiger partial charge in [0.05, 0.1) is 0 Å². The van der Waals surface area contributed by atoms with Crippen LogP contribution in [0.3, 0.4) is 0 Å². The molecular weight excluding hydrogens is 236 g/mol. The Morgan fingerprint density at radius 3 is 2.68 bits per heavy atom. The molecule has 0 bridgehead atoms. The maximum atomic E-state index is 11.9. The van der Waals surface area contributed by atoms with Crippen molar-refractivity contribution in [1.29, 1.82) is 0 Å². The third-order valence-electron chi connectivity index (χ3n) is 3.35. The van der Waals surface area contributed by atoms with Gasteiger partial charge in [0, 0.05) is 12.5 Å². The summed E-state index contributed by atoms with van der Waals surface area (Å²) in [5.74, 6) is 0.542. The molecule has 0 aromatic heterocycles. The first-order valence-corrected chi connectivity index (χ1v) is 7.08. The molecule has 1 amide bonds. The Kier molecular flexibility index (Phi) is 6.57. The summed E-state index contributed by atoms with van der Waals surface area (Å²) in [5, 5.41) is 3.08. The molecule has 0 aliphatic heterocycles. The molecule has 0 aliphatic carbocycles. The molecular formula is C16H26N2O. The summed E-state index contributed by atoms with van der Waals surface area (Å²) >= 11 is 0. The lowest BCUT2D eigenvalue weighted by Gasteiger charge is -2.21. The molecule has 0 radical (unpaired) electrons. The zero-order valence-corrected chi connectivity index (χ0v) is 12.3. The molecule has 1 aromatic carbocycles. The van der Waals surface area contributed by atoms with Gasteiger partial charge in [0.1, 0.15) is 0 Å². The fourth-order valence-electron chi connectivity index (χ4n) is 2.16. The lowest BCUT2D eigenvalue weighted by atomic mass is 10.0. The van der Waals surface area contributed by atoms with Gasteiger partial charge in [-0.2, -0.15) is 0 Å². The van der Waals surface area contributed by atoms with Gasteiger partial charge in [-0.15, -0.1) is 0 Å².